The van der Waals surface area contributed by atoms with E-state index in [2.05, 4.69) is 5.10 Å². The summed E-state index contributed by atoms with van der Waals surface area (Å²) in [5.74, 6) is 0.293. The second-order valence-corrected chi connectivity index (χ2v) is 3.76. The highest BCUT2D eigenvalue weighted by Crippen LogP contribution is 2.11. The third-order valence-corrected chi connectivity index (χ3v) is 2.51. The average molecular weight is 211 g/mol. The van der Waals surface area contributed by atoms with E-state index in [1.54, 1.807) is 4.90 Å². The zero-order chi connectivity index (χ0) is 11.2. The lowest BCUT2D eigenvalue weighted by molar-refractivity contribution is 0.492. The molecule has 0 bridgehead atoms. The van der Waals surface area contributed by atoms with E-state index in [1.165, 1.54) is 14.1 Å². The Morgan fingerprint density at radius 2 is 1.93 bits per heavy atom. The second-order valence-electron chi connectivity index (χ2n) is 3.76. The molecule has 15 heavy (non-hydrogen) atoms. The molecule has 1 aromatic rings. The average Bonchev–Trinajstić information content (AvgIpc) is 2.16. The number of hydrogen-bond donors (Lipinski definition) is 1. The molecule has 1 aliphatic rings. The predicted molar refractivity (Wildman–Crippen MR) is 54.9 cm³/mol. The lowest BCUT2D eigenvalue weighted by atomic mass is 10.1. The Morgan fingerprint density at radius 3 is 2.47 bits per heavy atom. The Labute approximate surface area is 85.7 Å². The summed E-state index contributed by atoms with van der Waals surface area (Å²) >= 11 is 0. The van der Waals surface area contributed by atoms with E-state index < -0.39 is 5.69 Å². The number of rotatable bonds is 1. The molecule has 0 radical (unpaired) electrons. The molecule has 0 saturated carbocycles. The maximum absolute atomic E-state index is 11.7. The number of hydrogen-bond acceptors (Lipinski definition) is 5. The van der Waals surface area contributed by atoms with Crippen molar-refractivity contribution < 1.29 is 0 Å². The normalized spacial score (nSPS) is 16.6. The molecule has 7 heteroatoms. The van der Waals surface area contributed by atoms with Crippen LogP contribution in [-0.4, -0.2) is 33.5 Å². The maximum atomic E-state index is 11.7. The molecule has 1 saturated heterocycles. The fourth-order valence-electron chi connectivity index (χ4n) is 1.57. The van der Waals surface area contributed by atoms with Crippen molar-refractivity contribution >= 4 is 5.82 Å². The molecule has 7 nitrogen and oxygen atoms in total. The van der Waals surface area contributed by atoms with Crippen LogP contribution in [0.3, 0.4) is 0 Å². The smallest absolute Gasteiger partial charge is 0.346 e. The van der Waals surface area contributed by atoms with Crippen LogP contribution in [0.25, 0.3) is 0 Å². The molecule has 2 rings (SSSR count). The van der Waals surface area contributed by atoms with E-state index >= 15 is 0 Å². The van der Waals surface area contributed by atoms with Crippen LogP contribution in [-0.2, 0) is 14.1 Å². The minimum absolute atomic E-state index is 0.0914. The fraction of sp³-hybridized carbons (Fsp3) is 0.625. The van der Waals surface area contributed by atoms with Gasteiger partial charge in [-0.3, -0.25) is 9.36 Å². The number of nitrogens with two attached hydrogens (primary N) is 1. The number of nitrogens with zero attached hydrogens (tertiary/aromatic N) is 4. The second kappa shape index (κ2) is 3.20. The van der Waals surface area contributed by atoms with Gasteiger partial charge in [-0.05, 0) is 0 Å². The molecular weight excluding hydrogens is 198 g/mol. The van der Waals surface area contributed by atoms with Crippen LogP contribution in [0, 0.1) is 0 Å². The zero-order valence-corrected chi connectivity index (χ0v) is 8.67. The van der Waals surface area contributed by atoms with Crippen LogP contribution in [0.5, 0.6) is 0 Å². The van der Waals surface area contributed by atoms with Gasteiger partial charge in [-0.1, -0.05) is 0 Å². The van der Waals surface area contributed by atoms with Gasteiger partial charge in [0, 0.05) is 33.2 Å². The van der Waals surface area contributed by atoms with Crippen molar-refractivity contribution in [2.45, 2.75) is 6.04 Å². The SMILES string of the molecule is Cn1nc(N2CC(N)C2)c(=O)n(C)c1=O. The lowest BCUT2D eigenvalue weighted by Crippen LogP contribution is -2.58. The van der Waals surface area contributed by atoms with Crippen molar-refractivity contribution in [3.05, 3.63) is 20.8 Å². The minimum Gasteiger partial charge on any atom is -0.347 e. The van der Waals surface area contributed by atoms with Crippen LogP contribution >= 0.6 is 0 Å². The highest BCUT2D eigenvalue weighted by atomic mass is 16.2. The molecule has 0 unspecified atom stereocenters. The summed E-state index contributed by atoms with van der Waals surface area (Å²) in [7, 11) is 2.96. The molecule has 82 valence electrons. The van der Waals surface area contributed by atoms with Gasteiger partial charge in [0.05, 0.1) is 0 Å². The first-order chi connectivity index (χ1) is 7.00. The van der Waals surface area contributed by atoms with E-state index in [9.17, 15) is 9.59 Å². The molecule has 1 fully saturated rings. The predicted octanol–water partition coefficient (Wildman–Crippen LogP) is -2.37. The van der Waals surface area contributed by atoms with Gasteiger partial charge in [0.15, 0.2) is 0 Å². The van der Waals surface area contributed by atoms with Gasteiger partial charge in [0.2, 0.25) is 5.82 Å². The fourth-order valence-corrected chi connectivity index (χ4v) is 1.57. The largest absolute Gasteiger partial charge is 0.347 e. The van der Waals surface area contributed by atoms with E-state index in [1.807, 2.05) is 0 Å². The summed E-state index contributed by atoms with van der Waals surface area (Å²) in [5.41, 5.74) is 4.82. The summed E-state index contributed by atoms with van der Waals surface area (Å²) in [6.07, 6.45) is 0. The van der Waals surface area contributed by atoms with E-state index in [0.717, 1.165) is 9.25 Å². The highest BCUT2D eigenvalue weighted by Gasteiger charge is 2.27. The quantitative estimate of drug-likeness (QED) is 0.561. The molecule has 1 aliphatic heterocycles. The van der Waals surface area contributed by atoms with E-state index in [-0.39, 0.29) is 11.6 Å². The lowest BCUT2D eigenvalue weighted by Gasteiger charge is -2.37. The molecule has 0 atom stereocenters. The van der Waals surface area contributed by atoms with Crippen molar-refractivity contribution in [3.8, 4) is 0 Å². The van der Waals surface area contributed by atoms with Crippen molar-refractivity contribution in [1.82, 2.24) is 14.3 Å². The van der Waals surface area contributed by atoms with Crippen molar-refractivity contribution in [2.24, 2.45) is 19.8 Å². The Bertz CT molecular complexity index is 497. The molecule has 0 spiro atoms. The Balaban J connectivity index is 2.50. The maximum Gasteiger partial charge on any atom is 0.346 e. The summed E-state index contributed by atoms with van der Waals surface area (Å²) in [6, 6.07) is 0.0914. The van der Waals surface area contributed by atoms with Crippen LogP contribution < -0.4 is 21.9 Å². The monoisotopic (exact) mass is 211 g/mol. The molecule has 0 aromatic carbocycles. The van der Waals surface area contributed by atoms with Gasteiger partial charge in [0.1, 0.15) is 0 Å². The number of anilines is 1. The standard InChI is InChI=1S/C8H13N5O2/c1-11-7(14)6(10-12(2)8(11)15)13-3-5(9)4-13/h5H,3-4,9H2,1-2H3. The summed E-state index contributed by atoms with van der Waals surface area (Å²) < 4.78 is 2.20. The van der Waals surface area contributed by atoms with Gasteiger partial charge in [-0.25, -0.2) is 9.48 Å². The summed E-state index contributed by atoms with van der Waals surface area (Å²) in [6.45, 7) is 1.22. The Morgan fingerprint density at radius 1 is 1.33 bits per heavy atom. The van der Waals surface area contributed by atoms with Gasteiger partial charge in [0.25, 0.3) is 5.56 Å². The van der Waals surface area contributed by atoms with E-state index in [4.69, 9.17) is 5.73 Å². The summed E-state index contributed by atoms with van der Waals surface area (Å²) in [5, 5.41) is 3.93. The van der Waals surface area contributed by atoms with Gasteiger partial charge >= 0.3 is 5.69 Å². The first-order valence-corrected chi connectivity index (χ1v) is 4.65. The van der Waals surface area contributed by atoms with Crippen molar-refractivity contribution in [1.29, 1.82) is 0 Å². The molecule has 0 aliphatic carbocycles. The van der Waals surface area contributed by atoms with Gasteiger partial charge in [-0.2, -0.15) is 0 Å². The summed E-state index contributed by atoms with van der Waals surface area (Å²) in [4.78, 5) is 24.8. The molecule has 0 amide bonds. The zero-order valence-electron chi connectivity index (χ0n) is 8.67. The van der Waals surface area contributed by atoms with Crippen LogP contribution in [0.15, 0.2) is 9.59 Å². The Hall–Kier alpha value is -1.63. The number of aromatic nitrogens is 3. The van der Waals surface area contributed by atoms with Gasteiger partial charge < -0.3 is 10.6 Å². The first kappa shape index (κ1) is 9.91. The molecule has 2 heterocycles. The third kappa shape index (κ3) is 1.44. The molecule has 1 aromatic heterocycles. The van der Waals surface area contributed by atoms with Crippen LogP contribution in [0.2, 0.25) is 0 Å². The van der Waals surface area contributed by atoms with Crippen LogP contribution in [0.4, 0.5) is 5.82 Å². The van der Waals surface area contributed by atoms with E-state index in [0.29, 0.717) is 18.9 Å². The van der Waals surface area contributed by atoms with Crippen LogP contribution in [0.1, 0.15) is 0 Å². The highest BCUT2D eigenvalue weighted by molar-refractivity contribution is 5.39. The molecular formula is C8H13N5O2. The minimum atomic E-state index is -0.423. The Kier molecular flexibility index (Phi) is 2.11. The van der Waals surface area contributed by atoms with Crippen molar-refractivity contribution in [3.63, 3.8) is 0 Å². The third-order valence-electron chi connectivity index (χ3n) is 2.51. The van der Waals surface area contributed by atoms with Gasteiger partial charge in [-0.15, -0.1) is 5.10 Å². The molecule has 2 N–H and O–H groups in total. The number of aryl methyl sites for hydroxylation is 1. The van der Waals surface area contributed by atoms with Crippen molar-refractivity contribution in [2.75, 3.05) is 18.0 Å². The topological polar surface area (TPSA) is 86.2 Å². The first-order valence-electron chi connectivity index (χ1n) is 4.65.